The lowest BCUT2D eigenvalue weighted by atomic mass is 9.92. The van der Waals surface area contributed by atoms with Crippen molar-refractivity contribution < 1.29 is 9.53 Å². The van der Waals surface area contributed by atoms with E-state index in [0.29, 0.717) is 11.8 Å². The molecule has 2 aliphatic rings. The van der Waals surface area contributed by atoms with Gasteiger partial charge < -0.3 is 15.0 Å². The van der Waals surface area contributed by atoms with E-state index in [9.17, 15) is 4.79 Å². The largest absolute Gasteiger partial charge is 0.444 e. The predicted molar refractivity (Wildman–Crippen MR) is 88.4 cm³/mol. The summed E-state index contributed by atoms with van der Waals surface area (Å²) in [6.07, 6.45) is 3.80. The highest BCUT2D eigenvalue weighted by molar-refractivity contribution is 5.68. The van der Waals surface area contributed by atoms with E-state index in [1.807, 2.05) is 40.0 Å². The van der Waals surface area contributed by atoms with Gasteiger partial charge in [-0.05, 0) is 58.4 Å². The van der Waals surface area contributed by atoms with Crippen molar-refractivity contribution in [3.05, 3.63) is 18.1 Å². The molecule has 6 nitrogen and oxygen atoms in total. The molecule has 2 bridgehead atoms. The van der Waals surface area contributed by atoms with Crippen molar-refractivity contribution in [1.29, 1.82) is 0 Å². The maximum absolute atomic E-state index is 12.1. The number of ether oxygens (including phenoxy) is 1. The molecular formula is C17H26N4O2. The first-order chi connectivity index (χ1) is 10.8. The van der Waals surface area contributed by atoms with Gasteiger partial charge >= 0.3 is 6.09 Å². The summed E-state index contributed by atoms with van der Waals surface area (Å²) in [6.45, 7) is 9.43. The molecule has 3 atom stereocenters. The van der Waals surface area contributed by atoms with Gasteiger partial charge in [0.1, 0.15) is 17.2 Å². The van der Waals surface area contributed by atoms with E-state index in [1.165, 1.54) is 0 Å². The Hall–Kier alpha value is -1.85. The van der Waals surface area contributed by atoms with Crippen LogP contribution in [0, 0.1) is 18.8 Å². The molecule has 1 aliphatic heterocycles. The monoisotopic (exact) mass is 318 g/mol. The van der Waals surface area contributed by atoms with Gasteiger partial charge in [-0.3, -0.25) is 0 Å². The first-order valence-electron chi connectivity index (χ1n) is 8.36. The van der Waals surface area contributed by atoms with Crippen LogP contribution >= 0.6 is 0 Å². The van der Waals surface area contributed by atoms with Crippen molar-refractivity contribution in [2.45, 2.75) is 52.2 Å². The van der Waals surface area contributed by atoms with Crippen molar-refractivity contribution >= 4 is 11.9 Å². The Kier molecular flexibility index (Phi) is 4.17. The minimum absolute atomic E-state index is 0.212. The lowest BCUT2D eigenvalue weighted by Crippen LogP contribution is -2.53. The van der Waals surface area contributed by atoms with Gasteiger partial charge in [0.25, 0.3) is 0 Å². The topological polar surface area (TPSA) is 67.4 Å². The van der Waals surface area contributed by atoms with E-state index >= 15 is 0 Å². The van der Waals surface area contributed by atoms with Crippen LogP contribution in [-0.2, 0) is 4.74 Å². The third-order valence-electron chi connectivity index (χ3n) is 4.60. The molecule has 6 heteroatoms. The molecule has 126 valence electrons. The van der Waals surface area contributed by atoms with Crippen LogP contribution < -0.4 is 10.2 Å². The van der Waals surface area contributed by atoms with Gasteiger partial charge in [-0.2, -0.15) is 0 Å². The van der Waals surface area contributed by atoms with Gasteiger partial charge in [0.05, 0.1) is 0 Å². The first-order valence-corrected chi connectivity index (χ1v) is 8.36. The fourth-order valence-electron chi connectivity index (χ4n) is 3.71. The third-order valence-corrected chi connectivity index (χ3v) is 4.60. The zero-order valence-electron chi connectivity index (χ0n) is 14.4. The molecule has 1 saturated carbocycles. The number of carbonyl (C=O) groups is 1. The summed E-state index contributed by atoms with van der Waals surface area (Å²) in [6, 6.07) is 2.18. The number of hydrogen-bond donors (Lipinski definition) is 1. The Bertz CT molecular complexity index is 570. The lowest BCUT2D eigenvalue weighted by Gasteiger charge is -2.39. The number of nitrogens with zero attached hydrogens (tertiary/aromatic N) is 3. The number of anilines is 1. The zero-order valence-corrected chi connectivity index (χ0v) is 14.4. The van der Waals surface area contributed by atoms with Crippen molar-refractivity contribution in [1.82, 2.24) is 15.3 Å². The number of rotatable bonds is 2. The number of aromatic nitrogens is 2. The molecule has 0 aromatic carbocycles. The second kappa shape index (κ2) is 5.98. The van der Waals surface area contributed by atoms with Crippen molar-refractivity contribution in [3.63, 3.8) is 0 Å². The number of hydrogen-bond acceptors (Lipinski definition) is 5. The highest BCUT2D eigenvalue weighted by Crippen LogP contribution is 2.38. The summed E-state index contributed by atoms with van der Waals surface area (Å²) in [5.74, 6) is 2.70. The summed E-state index contributed by atoms with van der Waals surface area (Å²) in [4.78, 5) is 23.1. The molecule has 3 rings (SSSR count). The number of amides is 1. The van der Waals surface area contributed by atoms with Gasteiger partial charge in [0.2, 0.25) is 0 Å². The zero-order chi connectivity index (χ0) is 16.6. The Balaban J connectivity index is 1.64. The average molecular weight is 318 g/mol. The van der Waals surface area contributed by atoms with Gasteiger partial charge in [0, 0.05) is 25.3 Å². The maximum atomic E-state index is 12.1. The van der Waals surface area contributed by atoms with Crippen LogP contribution in [0.2, 0.25) is 0 Å². The van der Waals surface area contributed by atoms with Crippen LogP contribution in [0.1, 0.15) is 39.4 Å². The molecule has 1 aromatic heterocycles. The summed E-state index contributed by atoms with van der Waals surface area (Å²) in [5.41, 5.74) is -0.456. The van der Waals surface area contributed by atoms with Crippen LogP contribution in [0.4, 0.5) is 10.6 Å². The van der Waals surface area contributed by atoms with Crippen LogP contribution in [0.25, 0.3) is 0 Å². The molecular weight excluding hydrogens is 292 g/mol. The molecule has 2 fully saturated rings. The van der Waals surface area contributed by atoms with E-state index in [-0.39, 0.29) is 12.1 Å². The minimum Gasteiger partial charge on any atom is -0.444 e. The van der Waals surface area contributed by atoms with Crippen LogP contribution in [0.5, 0.6) is 0 Å². The molecule has 23 heavy (non-hydrogen) atoms. The van der Waals surface area contributed by atoms with Crippen molar-refractivity contribution in [2.75, 3.05) is 18.0 Å². The molecule has 1 saturated heterocycles. The molecule has 0 spiro atoms. The van der Waals surface area contributed by atoms with E-state index in [1.54, 1.807) is 0 Å². The Labute approximate surface area is 137 Å². The number of aryl methyl sites for hydroxylation is 1. The molecule has 1 aliphatic carbocycles. The standard InChI is InChI=1S/C17H26N4O2/c1-11-18-8-7-14(19-11)21-9-12-5-6-13(10-21)15(12)20-16(22)23-17(2,3)4/h7-8,12-13,15H,5-6,9-10H2,1-4H3,(H,20,22)/t12-,13+,15?. The van der Waals surface area contributed by atoms with Gasteiger partial charge in [-0.15, -0.1) is 0 Å². The van der Waals surface area contributed by atoms with E-state index in [2.05, 4.69) is 20.2 Å². The van der Waals surface area contributed by atoms with E-state index in [0.717, 1.165) is 37.6 Å². The summed E-state index contributed by atoms with van der Waals surface area (Å²) in [5, 5.41) is 3.10. The minimum atomic E-state index is -0.456. The summed E-state index contributed by atoms with van der Waals surface area (Å²) in [7, 11) is 0. The lowest BCUT2D eigenvalue weighted by molar-refractivity contribution is 0.0472. The Morgan fingerprint density at radius 1 is 1.30 bits per heavy atom. The SMILES string of the molecule is Cc1nccc(N2C[C@H]3CC[C@@H](C2)C3NC(=O)OC(C)(C)C)n1. The van der Waals surface area contributed by atoms with Gasteiger partial charge in [-0.1, -0.05) is 0 Å². The fraction of sp³-hybridized carbons (Fsp3) is 0.706. The maximum Gasteiger partial charge on any atom is 0.407 e. The van der Waals surface area contributed by atoms with Crippen molar-refractivity contribution in [2.24, 2.45) is 11.8 Å². The summed E-state index contributed by atoms with van der Waals surface area (Å²) >= 11 is 0. The molecule has 1 aromatic rings. The quantitative estimate of drug-likeness (QED) is 0.907. The fourth-order valence-corrected chi connectivity index (χ4v) is 3.71. The highest BCUT2D eigenvalue weighted by Gasteiger charge is 2.43. The molecule has 1 unspecified atom stereocenters. The normalized spacial score (nSPS) is 27.0. The summed E-state index contributed by atoms with van der Waals surface area (Å²) < 4.78 is 5.41. The van der Waals surface area contributed by atoms with E-state index < -0.39 is 5.60 Å². The smallest absolute Gasteiger partial charge is 0.407 e. The second-order valence-electron chi connectivity index (χ2n) is 7.64. The number of alkyl carbamates (subject to hydrolysis) is 1. The van der Waals surface area contributed by atoms with Crippen LogP contribution in [-0.4, -0.2) is 40.8 Å². The number of fused-ring (bicyclic) bond motifs is 2. The number of nitrogens with one attached hydrogen (secondary N) is 1. The third kappa shape index (κ3) is 3.74. The van der Waals surface area contributed by atoms with Gasteiger partial charge in [0.15, 0.2) is 0 Å². The number of piperidine rings is 1. The second-order valence-corrected chi connectivity index (χ2v) is 7.64. The first kappa shape index (κ1) is 16.0. The van der Waals surface area contributed by atoms with Crippen LogP contribution in [0.3, 0.4) is 0 Å². The highest BCUT2D eigenvalue weighted by atomic mass is 16.6. The molecule has 1 amide bonds. The molecule has 1 N–H and O–H groups in total. The Morgan fingerprint density at radius 2 is 1.96 bits per heavy atom. The Morgan fingerprint density at radius 3 is 2.52 bits per heavy atom. The number of carbonyl (C=O) groups excluding carboxylic acids is 1. The molecule has 2 heterocycles. The van der Waals surface area contributed by atoms with Gasteiger partial charge in [-0.25, -0.2) is 14.8 Å². The molecule has 0 radical (unpaired) electrons. The average Bonchev–Trinajstić information content (AvgIpc) is 2.68. The van der Waals surface area contributed by atoms with Crippen molar-refractivity contribution in [3.8, 4) is 0 Å². The van der Waals surface area contributed by atoms with Crippen LogP contribution in [0.15, 0.2) is 12.3 Å². The predicted octanol–water partition coefficient (Wildman–Crippen LogP) is 2.52. The van der Waals surface area contributed by atoms with E-state index in [4.69, 9.17) is 4.74 Å².